The molecule has 23 heavy (non-hydrogen) atoms. The fraction of sp³-hybridized carbons (Fsp3) is 0.562. The second-order valence-electron chi connectivity index (χ2n) is 5.41. The summed E-state index contributed by atoms with van der Waals surface area (Å²) in [6, 6.07) is 5.90. The van der Waals surface area contributed by atoms with E-state index in [4.69, 9.17) is 4.74 Å². The minimum Gasteiger partial charge on any atom is -0.385 e. The predicted octanol–water partition coefficient (Wildman–Crippen LogP) is 2.20. The summed E-state index contributed by atoms with van der Waals surface area (Å²) in [5, 5.41) is 6.36. The first kappa shape index (κ1) is 22.0. The molecule has 0 atom stereocenters. The van der Waals surface area contributed by atoms with Crippen LogP contribution in [0.3, 0.4) is 0 Å². The Morgan fingerprint density at radius 2 is 2.13 bits per heavy atom. The normalized spacial score (nSPS) is 12.5. The van der Waals surface area contributed by atoms with Gasteiger partial charge in [0, 0.05) is 44.5 Å². The molecule has 1 aliphatic rings. The highest BCUT2D eigenvalue weighted by Gasteiger charge is 2.16. The summed E-state index contributed by atoms with van der Waals surface area (Å²) < 4.78 is 5.04. The van der Waals surface area contributed by atoms with Crippen molar-refractivity contribution in [3.8, 4) is 0 Å². The van der Waals surface area contributed by atoms with Crippen molar-refractivity contribution in [3.05, 3.63) is 29.3 Å². The van der Waals surface area contributed by atoms with Gasteiger partial charge >= 0.3 is 0 Å². The maximum absolute atomic E-state index is 12.3. The summed E-state index contributed by atoms with van der Waals surface area (Å²) in [5.74, 6) is 0.0238. The number of fused-ring (bicyclic) bond motifs is 1. The Balaban J connectivity index is 0.00000242. The van der Waals surface area contributed by atoms with Crippen LogP contribution in [0.5, 0.6) is 0 Å². The van der Waals surface area contributed by atoms with Crippen molar-refractivity contribution in [2.75, 3.05) is 52.3 Å². The van der Waals surface area contributed by atoms with Gasteiger partial charge in [0.15, 0.2) is 0 Å². The summed E-state index contributed by atoms with van der Waals surface area (Å²) in [6.07, 6.45) is 2.05. The van der Waals surface area contributed by atoms with Crippen molar-refractivity contribution in [1.82, 2.24) is 10.2 Å². The number of benzene rings is 1. The number of methoxy groups -OCH3 is 1. The molecule has 0 saturated carbocycles. The van der Waals surface area contributed by atoms with E-state index in [9.17, 15) is 4.79 Å². The molecule has 1 aliphatic heterocycles. The lowest BCUT2D eigenvalue weighted by atomic mass is 9.97. The third kappa shape index (κ3) is 6.55. The van der Waals surface area contributed by atoms with Crippen LogP contribution in [-0.2, 0) is 11.2 Å². The van der Waals surface area contributed by atoms with Crippen molar-refractivity contribution in [2.45, 2.75) is 12.8 Å². The number of carbonyl (C=O) groups excluding carboxylic acids is 1. The van der Waals surface area contributed by atoms with Crippen LogP contribution in [0.25, 0.3) is 0 Å². The summed E-state index contributed by atoms with van der Waals surface area (Å²) in [4.78, 5) is 14.5. The highest BCUT2D eigenvalue weighted by Crippen LogP contribution is 2.25. The van der Waals surface area contributed by atoms with Gasteiger partial charge in [0.1, 0.15) is 0 Å². The first-order valence-corrected chi connectivity index (χ1v) is 7.54. The number of halogens is 2. The Morgan fingerprint density at radius 3 is 2.87 bits per heavy atom. The third-order valence-electron chi connectivity index (χ3n) is 3.80. The number of nitrogens with one attached hydrogen (secondary N) is 2. The average Bonchev–Trinajstić information content (AvgIpc) is 2.52. The maximum Gasteiger partial charge on any atom is 0.251 e. The van der Waals surface area contributed by atoms with Gasteiger partial charge in [0.25, 0.3) is 5.91 Å². The van der Waals surface area contributed by atoms with E-state index in [2.05, 4.69) is 15.5 Å². The van der Waals surface area contributed by atoms with Gasteiger partial charge in [0.05, 0.1) is 6.61 Å². The molecule has 0 unspecified atom stereocenters. The molecule has 0 aliphatic carbocycles. The number of ether oxygens (including phenoxy) is 1. The minimum atomic E-state index is 0. The van der Waals surface area contributed by atoms with Gasteiger partial charge in [0.2, 0.25) is 0 Å². The van der Waals surface area contributed by atoms with Gasteiger partial charge in [-0.15, -0.1) is 24.8 Å². The van der Waals surface area contributed by atoms with Crippen LogP contribution in [0.2, 0.25) is 0 Å². The largest absolute Gasteiger partial charge is 0.385 e. The highest BCUT2D eigenvalue weighted by atomic mass is 35.5. The van der Waals surface area contributed by atoms with Crippen LogP contribution < -0.4 is 10.6 Å². The standard InChI is InChI=1S/C16H25N3O2.2ClH/c1-19(11-12-21-2)10-9-18-16(20)14-5-3-7-15-13(14)6-4-8-17-15;;/h3,5,7,17H,4,6,8-12H2,1-2H3,(H,18,20);2*1H. The minimum absolute atomic E-state index is 0. The molecule has 0 bridgehead atoms. The molecule has 1 aromatic carbocycles. The Hall–Kier alpha value is -1.01. The Labute approximate surface area is 151 Å². The lowest BCUT2D eigenvalue weighted by Gasteiger charge is -2.21. The van der Waals surface area contributed by atoms with Crippen molar-refractivity contribution in [2.24, 2.45) is 0 Å². The number of nitrogens with zero attached hydrogens (tertiary/aromatic N) is 1. The fourth-order valence-electron chi connectivity index (χ4n) is 2.54. The van der Waals surface area contributed by atoms with Crippen LogP contribution in [0.1, 0.15) is 22.3 Å². The molecule has 2 rings (SSSR count). The van der Waals surface area contributed by atoms with E-state index < -0.39 is 0 Å². The first-order chi connectivity index (χ1) is 10.2. The molecule has 132 valence electrons. The molecular formula is C16H27Cl2N3O2. The molecule has 1 amide bonds. The monoisotopic (exact) mass is 363 g/mol. The van der Waals surface area contributed by atoms with E-state index in [0.29, 0.717) is 13.2 Å². The summed E-state index contributed by atoms with van der Waals surface area (Å²) in [7, 11) is 3.72. The quantitative estimate of drug-likeness (QED) is 0.779. The van der Waals surface area contributed by atoms with E-state index in [1.54, 1.807) is 7.11 Å². The zero-order chi connectivity index (χ0) is 15.1. The van der Waals surface area contributed by atoms with Crippen molar-refractivity contribution in [3.63, 3.8) is 0 Å². The average molecular weight is 364 g/mol. The van der Waals surface area contributed by atoms with E-state index in [-0.39, 0.29) is 30.7 Å². The molecule has 0 radical (unpaired) electrons. The van der Waals surface area contributed by atoms with Gasteiger partial charge < -0.3 is 20.3 Å². The summed E-state index contributed by atoms with van der Waals surface area (Å²) in [5.41, 5.74) is 3.05. The smallest absolute Gasteiger partial charge is 0.251 e. The molecule has 1 aromatic rings. The van der Waals surface area contributed by atoms with Crippen molar-refractivity contribution >= 4 is 36.4 Å². The number of rotatable bonds is 7. The molecule has 1 heterocycles. The molecule has 2 N–H and O–H groups in total. The van der Waals surface area contributed by atoms with Gasteiger partial charge in [-0.3, -0.25) is 4.79 Å². The highest BCUT2D eigenvalue weighted by molar-refractivity contribution is 5.97. The van der Waals surface area contributed by atoms with Crippen LogP contribution in [-0.4, -0.2) is 57.8 Å². The number of likely N-dealkylation sites (N-methyl/N-ethyl adjacent to an activating group) is 1. The summed E-state index contributed by atoms with van der Waals surface area (Å²) >= 11 is 0. The maximum atomic E-state index is 12.3. The summed E-state index contributed by atoms with van der Waals surface area (Å²) in [6.45, 7) is 4.04. The second kappa shape index (κ2) is 11.5. The number of carbonyl (C=O) groups is 1. The number of hydrogen-bond acceptors (Lipinski definition) is 4. The van der Waals surface area contributed by atoms with Gasteiger partial charge in [-0.1, -0.05) is 6.07 Å². The zero-order valence-electron chi connectivity index (χ0n) is 13.8. The zero-order valence-corrected chi connectivity index (χ0v) is 15.4. The Kier molecular flexibility index (Phi) is 11.0. The predicted molar refractivity (Wildman–Crippen MR) is 99.5 cm³/mol. The van der Waals surface area contributed by atoms with Crippen LogP contribution in [0.15, 0.2) is 18.2 Å². The molecule has 7 heteroatoms. The van der Waals surface area contributed by atoms with Gasteiger partial charge in [-0.05, 0) is 37.6 Å². The van der Waals surface area contributed by atoms with Crippen LogP contribution in [0, 0.1) is 0 Å². The topological polar surface area (TPSA) is 53.6 Å². The van der Waals surface area contributed by atoms with Gasteiger partial charge in [-0.25, -0.2) is 0 Å². The molecule has 0 spiro atoms. The van der Waals surface area contributed by atoms with Gasteiger partial charge in [-0.2, -0.15) is 0 Å². The molecule has 5 nitrogen and oxygen atoms in total. The van der Waals surface area contributed by atoms with Crippen molar-refractivity contribution in [1.29, 1.82) is 0 Å². The SMILES string of the molecule is COCCN(C)CCNC(=O)c1cccc2c1CCCN2.Cl.Cl. The molecular weight excluding hydrogens is 337 g/mol. The molecule has 0 saturated heterocycles. The third-order valence-corrected chi connectivity index (χ3v) is 3.80. The fourth-order valence-corrected chi connectivity index (χ4v) is 2.54. The van der Waals surface area contributed by atoms with E-state index >= 15 is 0 Å². The van der Waals surface area contributed by atoms with E-state index in [1.807, 2.05) is 25.2 Å². The Morgan fingerprint density at radius 1 is 1.35 bits per heavy atom. The van der Waals surface area contributed by atoms with E-state index in [1.165, 1.54) is 0 Å². The second-order valence-corrected chi connectivity index (χ2v) is 5.41. The number of hydrogen-bond donors (Lipinski definition) is 2. The number of amides is 1. The van der Waals surface area contributed by atoms with Crippen molar-refractivity contribution < 1.29 is 9.53 Å². The van der Waals surface area contributed by atoms with Crippen LogP contribution in [0.4, 0.5) is 5.69 Å². The van der Waals surface area contributed by atoms with E-state index in [0.717, 1.165) is 49.3 Å². The number of anilines is 1. The first-order valence-electron chi connectivity index (χ1n) is 7.54. The van der Waals surface area contributed by atoms with Crippen LogP contribution >= 0.6 is 24.8 Å². The molecule has 0 aromatic heterocycles. The molecule has 0 fully saturated rings. The lowest BCUT2D eigenvalue weighted by Crippen LogP contribution is -2.35. The Bertz CT molecular complexity index is 486. The lowest BCUT2D eigenvalue weighted by molar-refractivity contribution is 0.0946.